The molecule has 0 saturated carbocycles. The molecule has 0 unspecified atom stereocenters. The van der Waals surface area contributed by atoms with Gasteiger partial charge in [-0.05, 0) is 78.9 Å². The molecule has 0 aliphatic heterocycles. The van der Waals surface area contributed by atoms with Crippen LogP contribution in [0.25, 0.3) is 21.7 Å². The minimum absolute atomic E-state index is 0.155. The number of methoxy groups -OCH3 is 2. The minimum atomic E-state index is -0.409. The van der Waals surface area contributed by atoms with Crippen LogP contribution in [0.3, 0.4) is 0 Å². The van der Waals surface area contributed by atoms with Crippen LogP contribution in [0.4, 0.5) is 0 Å². The van der Waals surface area contributed by atoms with E-state index in [1.807, 2.05) is 48.5 Å². The third-order valence-corrected chi connectivity index (χ3v) is 12.9. The van der Waals surface area contributed by atoms with Gasteiger partial charge in [-0.3, -0.25) is 0 Å². The Balaban J connectivity index is 0.000000159. The summed E-state index contributed by atoms with van der Waals surface area (Å²) in [5.74, 6) is 1.58. The second-order valence-corrected chi connectivity index (χ2v) is 15.5. The number of hydrogen-bond donors (Lipinski definition) is 0. The highest BCUT2D eigenvalue weighted by atomic mass is 32.2. The first-order valence-corrected chi connectivity index (χ1v) is 19.0. The van der Waals surface area contributed by atoms with Gasteiger partial charge in [0.2, 0.25) is 0 Å². The predicted octanol–water partition coefficient (Wildman–Crippen LogP) is 10.8. The summed E-state index contributed by atoms with van der Waals surface area (Å²) in [6.07, 6.45) is 0. The fourth-order valence-corrected chi connectivity index (χ4v) is 10.5. The maximum atomic E-state index is 12.3. The van der Waals surface area contributed by atoms with Crippen molar-refractivity contribution in [2.75, 3.05) is 14.2 Å². The van der Waals surface area contributed by atoms with Crippen molar-refractivity contribution in [2.24, 2.45) is 0 Å². The fraction of sp³-hybridized carbons (Fsp3) is 0.0444. The largest absolute Gasteiger partial charge is 0.497 e. The molecule has 8 aromatic rings. The van der Waals surface area contributed by atoms with E-state index in [-0.39, 0.29) is 16.5 Å². The standard InChI is InChI=1S/C23H19OS.C22H17O3S/c1-24-22-16-17-23(21-15-9-8-14-20(21)22)25(18-10-4-2-5-11-18)19-12-6-3-7-13-19;1-24-16-12-13-19-20(14-16)25-22(23)15-21(19)26(17-8-4-2-5-9-17)18-10-6-3-7-11-18/h2-17H,1H3;2-15H,1H3/q2*+1. The second kappa shape index (κ2) is 15.9. The maximum Gasteiger partial charge on any atom is 0.341 e. The molecule has 0 N–H and O–H groups in total. The van der Waals surface area contributed by atoms with Crippen LogP contribution in [0.2, 0.25) is 0 Å². The molecule has 0 atom stereocenters. The monoisotopic (exact) mass is 704 g/mol. The van der Waals surface area contributed by atoms with E-state index in [4.69, 9.17) is 13.9 Å². The zero-order chi connectivity index (χ0) is 35.0. The minimum Gasteiger partial charge on any atom is -0.497 e. The molecule has 6 heteroatoms. The molecule has 0 bridgehead atoms. The molecule has 250 valence electrons. The lowest BCUT2D eigenvalue weighted by atomic mass is 10.1. The average molecular weight is 705 g/mol. The zero-order valence-corrected chi connectivity index (χ0v) is 29.9. The molecule has 0 spiro atoms. The van der Waals surface area contributed by atoms with Crippen molar-refractivity contribution < 1.29 is 13.9 Å². The first kappa shape index (κ1) is 33.8. The second-order valence-electron chi connectivity index (χ2n) is 11.5. The van der Waals surface area contributed by atoms with E-state index in [1.165, 1.54) is 20.1 Å². The molecule has 0 aliphatic rings. The van der Waals surface area contributed by atoms with E-state index in [2.05, 4.69) is 121 Å². The number of benzene rings is 7. The Labute approximate surface area is 303 Å². The van der Waals surface area contributed by atoms with Crippen LogP contribution in [-0.4, -0.2) is 14.2 Å². The first-order chi connectivity index (χ1) is 25.1. The van der Waals surface area contributed by atoms with Gasteiger partial charge in [0.1, 0.15) is 28.0 Å². The van der Waals surface area contributed by atoms with Gasteiger partial charge >= 0.3 is 5.63 Å². The molecule has 0 radical (unpaired) electrons. The van der Waals surface area contributed by atoms with Crippen molar-refractivity contribution in [1.82, 2.24) is 0 Å². The number of rotatable bonds is 8. The van der Waals surface area contributed by atoms with Gasteiger partial charge in [0.05, 0.1) is 36.6 Å². The number of ether oxygens (including phenoxy) is 2. The van der Waals surface area contributed by atoms with E-state index in [9.17, 15) is 4.79 Å². The lowest BCUT2D eigenvalue weighted by Gasteiger charge is -2.12. The highest BCUT2D eigenvalue weighted by Gasteiger charge is 2.32. The molecule has 0 saturated heterocycles. The molecule has 7 aromatic carbocycles. The molecular weight excluding hydrogens is 669 g/mol. The fourth-order valence-electron chi connectivity index (χ4n) is 6.02. The van der Waals surface area contributed by atoms with Gasteiger partial charge in [-0.2, -0.15) is 0 Å². The van der Waals surface area contributed by atoms with Crippen LogP contribution >= 0.6 is 0 Å². The highest BCUT2D eigenvalue weighted by molar-refractivity contribution is 7.97. The number of hydrogen-bond acceptors (Lipinski definition) is 4. The number of fused-ring (bicyclic) bond motifs is 2. The van der Waals surface area contributed by atoms with Crippen molar-refractivity contribution >= 4 is 43.5 Å². The zero-order valence-electron chi connectivity index (χ0n) is 28.3. The van der Waals surface area contributed by atoms with Crippen molar-refractivity contribution in [3.05, 3.63) is 192 Å². The van der Waals surface area contributed by atoms with Gasteiger partial charge in [-0.1, -0.05) is 91.0 Å². The topological polar surface area (TPSA) is 48.7 Å². The van der Waals surface area contributed by atoms with Crippen molar-refractivity contribution in [2.45, 2.75) is 29.4 Å². The Kier molecular flexibility index (Phi) is 10.5. The Hall–Kier alpha value is -5.69. The van der Waals surface area contributed by atoms with Gasteiger partial charge in [0.25, 0.3) is 0 Å². The summed E-state index contributed by atoms with van der Waals surface area (Å²) in [6.45, 7) is 0. The Bertz CT molecular complexity index is 2340. The Morgan fingerprint density at radius 1 is 0.431 bits per heavy atom. The smallest absolute Gasteiger partial charge is 0.341 e. The summed E-state index contributed by atoms with van der Waals surface area (Å²) in [4.78, 5) is 19.5. The molecule has 0 fully saturated rings. The first-order valence-electron chi connectivity index (χ1n) is 16.5. The summed E-state index contributed by atoms with van der Waals surface area (Å²) in [7, 11) is 2.77. The van der Waals surface area contributed by atoms with E-state index in [1.54, 1.807) is 26.4 Å². The van der Waals surface area contributed by atoms with Crippen LogP contribution < -0.4 is 15.1 Å². The molecular formula is C45H36O4S2+2. The van der Waals surface area contributed by atoms with Crippen LogP contribution in [-0.2, 0) is 21.8 Å². The predicted molar refractivity (Wildman–Crippen MR) is 210 cm³/mol. The van der Waals surface area contributed by atoms with E-state index < -0.39 is 10.9 Å². The lowest BCUT2D eigenvalue weighted by molar-refractivity contribution is 0.414. The van der Waals surface area contributed by atoms with Crippen LogP contribution in [0.5, 0.6) is 11.5 Å². The van der Waals surface area contributed by atoms with Crippen molar-refractivity contribution in [3.8, 4) is 11.5 Å². The van der Waals surface area contributed by atoms with Crippen LogP contribution in [0, 0.1) is 0 Å². The van der Waals surface area contributed by atoms with Gasteiger partial charge in [-0.25, -0.2) is 4.79 Å². The normalized spacial score (nSPS) is 11.0. The summed E-state index contributed by atoms with van der Waals surface area (Å²) < 4.78 is 16.3. The van der Waals surface area contributed by atoms with Crippen molar-refractivity contribution in [3.63, 3.8) is 0 Å². The van der Waals surface area contributed by atoms with E-state index >= 15 is 0 Å². The third-order valence-electron chi connectivity index (χ3n) is 8.33. The van der Waals surface area contributed by atoms with E-state index in [0.717, 1.165) is 31.2 Å². The van der Waals surface area contributed by atoms with Gasteiger partial charge in [-0.15, -0.1) is 0 Å². The molecule has 4 nitrogen and oxygen atoms in total. The molecule has 0 amide bonds. The Morgan fingerprint density at radius 2 is 0.902 bits per heavy atom. The third kappa shape index (κ3) is 7.43. The summed E-state index contributed by atoms with van der Waals surface area (Å²) in [6, 6.07) is 62.0. The molecule has 8 rings (SSSR count). The SMILES string of the molecule is COc1ccc([S+](c2ccccc2)c2ccccc2)c2ccccc12.COc1ccc2c([S+](c3ccccc3)c3ccccc3)cc(=O)oc2c1. The Morgan fingerprint density at radius 3 is 1.39 bits per heavy atom. The van der Waals surface area contributed by atoms with Gasteiger partial charge < -0.3 is 13.9 Å². The summed E-state index contributed by atoms with van der Waals surface area (Å²) in [5.41, 5.74) is 0.182. The van der Waals surface area contributed by atoms with E-state index in [0.29, 0.717) is 11.3 Å². The quantitative estimate of drug-likeness (QED) is 0.117. The lowest BCUT2D eigenvalue weighted by Crippen LogP contribution is -2.09. The van der Waals surface area contributed by atoms with Crippen molar-refractivity contribution in [1.29, 1.82) is 0 Å². The molecule has 0 aliphatic carbocycles. The van der Waals surface area contributed by atoms with Crippen LogP contribution in [0.1, 0.15) is 0 Å². The summed E-state index contributed by atoms with van der Waals surface area (Å²) in [5, 5.41) is 3.33. The molecule has 1 heterocycles. The molecule has 1 aromatic heterocycles. The molecule has 51 heavy (non-hydrogen) atoms. The van der Waals surface area contributed by atoms with Gasteiger partial charge in [0, 0.05) is 16.8 Å². The maximum absolute atomic E-state index is 12.3. The average Bonchev–Trinajstić information content (AvgIpc) is 3.20. The summed E-state index contributed by atoms with van der Waals surface area (Å²) >= 11 is 0. The highest BCUT2D eigenvalue weighted by Crippen LogP contribution is 2.39. The van der Waals surface area contributed by atoms with Gasteiger partial charge in [0.15, 0.2) is 29.4 Å². The van der Waals surface area contributed by atoms with Crippen LogP contribution in [0.15, 0.2) is 221 Å².